The summed E-state index contributed by atoms with van der Waals surface area (Å²) in [5.41, 5.74) is 7.65. The van der Waals surface area contributed by atoms with Gasteiger partial charge in [-0.1, -0.05) is 127 Å². The minimum atomic E-state index is -0.585. The number of aromatic amines is 2. The molecule has 0 fully saturated rings. The highest BCUT2D eigenvalue weighted by Crippen LogP contribution is 2.53. The first-order valence-corrected chi connectivity index (χ1v) is 22.2. The predicted molar refractivity (Wildman–Crippen MR) is 254 cm³/mol. The van der Waals surface area contributed by atoms with E-state index in [1.807, 2.05) is 105 Å². The normalized spacial score (nSPS) is 14.5. The Kier molecular flexibility index (Phi) is 9.07. The fourth-order valence-corrected chi connectivity index (χ4v) is 11.0. The van der Waals surface area contributed by atoms with Crippen molar-refractivity contribution < 1.29 is 19.2 Å². The van der Waals surface area contributed by atoms with Crippen molar-refractivity contribution in [1.29, 1.82) is 0 Å². The van der Waals surface area contributed by atoms with Crippen LogP contribution in [0.5, 0.6) is 0 Å². The summed E-state index contributed by atoms with van der Waals surface area (Å²) in [6, 6.07) is 18.7. The number of imide groups is 2. The Morgan fingerprint density at radius 3 is 1.23 bits per heavy atom. The number of nitrogens with one attached hydrogen (secondary N) is 2. The van der Waals surface area contributed by atoms with E-state index in [-0.39, 0.29) is 61.7 Å². The molecule has 11 heteroatoms. The zero-order valence-corrected chi connectivity index (χ0v) is 38.0. The van der Waals surface area contributed by atoms with Crippen LogP contribution in [0.25, 0.3) is 54.4 Å². The summed E-state index contributed by atoms with van der Waals surface area (Å²) in [5, 5.41) is 3.43. The smallest absolute Gasteiger partial charge is 0.268 e. The van der Waals surface area contributed by atoms with Crippen LogP contribution in [0.4, 0.5) is 11.4 Å². The van der Waals surface area contributed by atoms with Crippen LogP contribution in [0.2, 0.25) is 15.1 Å². The van der Waals surface area contributed by atoms with Gasteiger partial charge in [-0.25, -0.2) is 9.80 Å². The van der Waals surface area contributed by atoms with Gasteiger partial charge in [0.2, 0.25) is 0 Å². The molecule has 8 aromatic rings. The van der Waals surface area contributed by atoms with Gasteiger partial charge in [0, 0.05) is 47.9 Å². The second kappa shape index (κ2) is 13.9. The second-order valence-electron chi connectivity index (χ2n) is 18.0. The van der Waals surface area contributed by atoms with Crippen LogP contribution < -0.4 is 9.80 Å². The summed E-state index contributed by atoms with van der Waals surface area (Å²) >= 11 is 20.6. The molecule has 8 nitrogen and oxygen atoms in total. The molecule has 0 saturated carbocycles. The van der Waals surface area contributed by atoms with Crippen molar-refractivity contribution >= 4 is 124 Å². The van der Waals surface area contributed by atoms with Crippen molar-refractivity contribution in [3.63, 3.8) is 0 Å². The largest absolute Gasteiger partial charge is 0.354 e. The summed E-state index contributed by atoms with van der Waals surface area (Å²) < 4.78 is 0. The fraction of sp³-hybridized carbons (Fsp3) is 0.255. The van der Waals surface area contributed by atoms with Gasteiger partial charge in [0.1, 0.15) is 0 Å². The highest BCUT2D eigenvalue weighted by Gasteiger charge is 2.48. The van der Waals surface area contributed by atoms with Crippen molar-refractivity contribution in [1.82, 2.24) is 9.97 Å². The Labute approximate surface area is 373 Å². The molecule has 0 saturated heterocycles. The van der Waals surface area contributed by atoms with Crippen LogP contribution in [0, 0.1) is 6.92 Å². The predicted octanol–water partition coefficient (Wildman–Crippen LogP) is 14.5. The number of benzene rings is 6. The number of aryl methyl sites for hydroxylation is 1. The lowest BCUT2D eigenvalue weighted by Gasteiger charge is -2.36. The third-order valence-corrected chi connectivity index (χ3v) is 13.7. The molecule has 0 aliphatic carbocycles. The number of amides is 4. The van der Waals surface area contributed by atoms with Gasteiger partial charge < -0.3 is 9.97 Å². The van der Waals surface area contributed by atoms with E-state index in [2.05, 4.69) is 9.97 Å². The number of aromatic nitrogens is 2. The highest BCUT2D eigenvalue weighted by molar-refractivity contribution is 6.52. The lowest BCUT2D eigenvalue weighted by Crippen LogP contribution is -2.45. The molecule has 2 aliphatic rings. The summed E-state index contributed by atoms with van der Waals surface area (Å²) in [5.74, 6) is -2.54. The molecule has 6 aromatic carbocycles. The zero-order valence-electron chi connectivity index (χ0n) is 35.7. The number of H-pyrrole nitrogens is 2. The molecule has 4 heterocycles. The minimum Gasteiger partial charge on any atom is -0.354 e. The molecule has 2 N–H and O–H groups in total. The number of nitrogens with zero attached hydrogens (tertiary/aromatic N) is 2. The summed E-state index contributed by atoms with van der Waals surface area (Å²) in [6.45, 7) is 18.2. The number of hydrogen-bond acceptors (Lipinski definition) is 4. The maximum absolute atomic E-state index is 16.0. The summed E-state index contributed by atoms with van der Waals surface area (Å²) in [6.07, 6.45) is 0. The van der Waals surface area contributed by atoms with Crippen LogP contribution in [0.1, 0.15) is 148 Å². The highest BCUT2D eigenvalue weighted by atomic mass is 35.5. The molecular formula is C51H43Cl3N4O4. The average Bonchev–Trinajstić information content (AvgIpc) is 3.77. The van der Waals surface area contributed by atoms with E-state index in [4.69, 9.17) is 34.8 Å². The molecule has 0 unspecified atom stereocenters. The van der Waals surface area contributed by atoms with E-state index in [0.29, 0.717) is 65.0 Å². The molecule has 0 atom stereocenters. The SMILES string of the molecule is Cc1cc(Cl)cc2c1[nH]c1c3c4c(c5[nH]c6c(Cl)cc(Cl)cc6c5c5c4c(c12)C(=O)N(c1c(C(C)C)cccc1C(C)C)C5=O)C(=O)N(c1c(C(C)C)cccc1C(C)C)C3=O. The molecule has 312 valence electrons. The summed E-state index contributed by atoms with van der Waals surface area (Å²) in [7, 11) is 0. The molecule has 4 amide bonds. The first kappa shape index (κ1) is 40.4. The fourth-order valence-electron chi connectivity index (χ4n) is 10.2. The molecule has 0 bridgehead atoms. The number of carbonyl (C=O) groups excluding carboxylic acids is 4. The number of halogens is 3. The second-order valence-corrected chi connectivity index (χ2v) is 19.3. The average molecular weight is 882 g/mol. The van der Waals surface area contributed by atoms with E-state index in [9.17, 15) is 0 Å². The van der Waals surface area contributed by atoms with Gasteiger partial charge in [-0.05, 0) is 82.7 Å². The van der Waals surface area contributed by atoms with Crippen LogP contribution in [0.15, 0.2) is 60.7 Å². The molecule has 0 radical (unpaired) electrons. The maximum atomic E-state index is 16.0. The van der Waals surface area contributed by atoms with Crippen molar-refractivity contribution in [2.75, 3.05) is 9.80 Å². The number of rotatable bonds is 6. The lowest BCUT2D eigenvalue weighted by molar-refractivity contribution is 0.0875. The molecule has 2 aliphatic heterocycles. The van der Waals surface area contributed by atoms with Crippen LogP contribution in [-0.4, -0.2) is 33.6 Å². The Bertz CT molecular complexity index is 3200. The quantitative estimate of drug-likeness (QED) is 0.162. The van der Waals surface area contributed by atoms with Gasteiger partial charge in [-0.15, -0.1) is 0 Å². The van der Waals surface area contributed by atoms with Gasteiger partial charge in [0.25, 0.3) is 23.6 Å². The monoisotopic (exact) mass is 880 g/mol. The van der Waals surface area contributed by atoms with Crippen LogP contribution in [0.3, 0.4) is 0 Å². The van der Waals surface area contributed by atoms with Gasteiger partial charge >= 0.3 is 0 Å². The number of carbonyl (C=O) groups is 4. The maximum Gasteiger partial charge on any atom is 0.268 e. The molecule has 10 rings (SSSR count). The lowest BCUT2D eigenvalue weighted by atomic mass is 9.80. The van der Waals surface area contributed by atoms with Gasteiger partial charge in [0.15, 0.2) is 0 Å². The van der Waals surface area contributed by atoms with Crippen molar-refractivity contribution in [3.05, 3.63) is 126 Å². The van der Waals surface area contributed by atoms with Crippen molar-refractivity contribution in [3.8, 4) is 0 Å². The molecule has 62 heavy (non-hydrogen) atoms. The number of anilines is 2. The minimum absolute atomic E-state index is 0.0568. The van der Waals surface area contributed by atoms with E-state index in [1.54, 1.807) is 18.2 Å². The topological polar surface area (TPSA) is 106 Å². The van der Waals surface area contributed by atoms with E-state index < -0.39 is 23.6 Å². The Morgan fingerprint density at radius 1 is 0.452 bits per heavy atom. The molecule has 2 aromatic heterocycles. The van der Waals surface area contributed by atoms with E-state index in [1.165, 1.54) is 9.80 Å². The Morgan fingerprint density at radius 2 is 0.806 bits per heavy atom. The van der Waals surface area contributed by atoms with Crippen LogP contribution in [-0.2, 0) is 0 Å². The van der Waals surface area contributed by atoms with Gasteiger partial charge in [-0.3, -0.25) is 19.2 Å². The van der Waals surface area contributed by atoms with Crippen LogP contribution >= 0.6 is 34.8 Å². The third-order valence-electron chi connectivity index (χ3n) is 12.9. The Hall–Kier alpha value is -5.67. The first-order chi connectivity index (χ1) is 29.4. The zero-order chi connectivity index (χ0) is 44.1. The summed E-state index contributed by atoms with van der Waals surface area (Å²) in [4.78, 5) is 73.3. The number of hydrogen-bond donors (Lipinski definition) is 2. The first-order valence-electron chi connectivity index (χ1n) is 21.0. The molecular weight excluding hydrogens is 839 g/mol. The number of fused-ring (bicyclic) bond motifs is 10. The van der Waals surface area contributed by atoms with E-state index in [0.717, 1.165) is 27.8 Å². The van der Waals surface area contributed by atoms with Gasteiger partial charge in [0.05, 0.1) is 55.2 Å². The molecule has 0 spiro atoms. The standard InChI is InChI=1S/C51H43Cl3N4O4/c1-20(2)27-12-10-13-28(21(3)4)46(27)57-48(59)38-34-31-17-25(52)16-24(9)42(31)55-44(34)40-37-36(38)39(49(57)60)35-32-18-26(53)19-33(54)43(32)56-45(35)41(37)51(62)58(50(40)61)47-29(22(5)6)14-11-15-30(47)23(7)8/h10-23,55-56H,1-9H3. The Balaban J connectivity index is 1.49. The van der Waals surface area contributed by atoms with Crippen molar-refractivity contribution in [2.45, 2.75) is 86.0 Å². The van der Waals surface area contributed by atoms with Crippen molar-refractivity contribution in [2.24, 2.45) is 0 Å². The van der Waals surface area contributed by atoms with E-state index >= 15 is 19.2 Å². The number of para-hydroxylation sites is 2. The van der Waals surface area contributed by atoms with Gasteiger partial charge in [-0.2, -0.15) is 0 Å². The third kappa shape index (κ3) is 5.33.